The van der Waals surface area contributed by atoms with Crippen LogP contribution in [0.2, 0.25) is 0 Å². The lowest BCUT2D eigenvalue weighted by Gasteiger charge is -2.35. The van der Waals surface area contributed by atoms with Crippen molar-refractivity contribution in [2.45, 2.75) is 53.2 Å². The Morgan fingerprint density at radius 3 is 1.70 bits per heavy atom. The number of nitrogens with one attached hydrogen (secondary N) is 1. The normalized spacial score (nSPS) is 13.3. The summed E-state index contributed by atoms with van der Waals surface area (Å²) in [6.45, 7) is 12.2. The summed E-state index contributed by atoms with van der Waals surface area (Å²) >= 11 is 0. The van der Waals surface area contributed by atoms with Crippen molar-refractivity contribution in [2.24, 2.45) is 5.41 Å². The van der Waals surface area contributed by atoms with E-state index < -0.39 is 13.5 Å². The number of amides is 1. The molecular formula is C23H32NO2P. The molecule has 0 radical (unpaired) electrons. The summed E-state index contributed by atoms with van der Waals surface area (Å²) in [6, 6.07) is 21.2. The lowest BCUT2D eigenvalue weighted by molar-refractivity contribution is 0.0474. The fourth-order valence-corrected chi connectivity index (χ4v) is 5.53. The average Bonchev–Trinajstić information content (AvgIpc) is 2.57. The summed E-state index contributed by atoms with van der Waals surface area (Å²) in [5, 5.41) is 5.78. The van der Waals surface area contributed by atoms with E-state index in [1.807, 2.05) is 32.9 Å². The van der Waals surface area contributed by atoms with Crippen molar-refractivity contribution in [1.29, 1.82) is 0 Å². The number of benzene rings is 2. The Kier molecular flexibility index (Phi) is 7.06. The maximum Gasteiger partial charge on any atom is 0.407 e. The maximum absolute atomic E-state index is 12.4. The van der Waals surface area contributed by atoms with Crippen LogP contribution in [0.25, 0.3) is 0 Å². The van der Waals surface area contributed by atoms with Gasteiger partial charge in [-0.15, -0.1) is 0 Å². The average molecular weight is 385 g/mol. The van der Waals surface area contributed by atoms with Gasteiger partial charge in [-0.3, -0.25) is 0 Å². The van der Waals surface area contributed by atoms with Crippen molar-refractivity contribution in [3.63, 3.8) is 0 Å². The highest BCUT2D eigenvalue weighted by Gasteiger charge is 2.31. The molecule has 0 saturated carbocycles. The van der Waals surface area contributed by atoms with E-state index in [0.29, 0.717) is 0 Å². The monoisotopic (exact) mass is 385 g/mol. The Morgan fingerprint density at radius 2 is 1.33 bits per heavy atom. The Labute approximate surface area is 165 Å². The third kappa shape index (κ3) is 6.99. The standard InChI is InChI=1S/C23H32NO2P/c1-22(2,3)20(24-21(25)26-23(4,5)6)17-27(18-13-9-7-10-14-18)19-15-11-8-12-16-19/h7-16,20H,17H2,1-6H3,(H,24,25)/t20-/m1/s1. The Morgan fingerprint density at radius 1 is 0.889 bits per heavy atom. The molecule has 1 amide bonds. The topological polar surface area (TPSA) is 38.3 Å². The Balaban J connectivity index is 2.29. The van der Waals surface area contributed by atoms with Crippen molar-refractivity contribution in [3.8, 4) is 0 Å². The van der Waals surface area contributed by atoms with E-state index in [9.17, 15) is 4.79 Å². The molecule has 2 aromatic carbocycles. The summed E-state index contributed by atoms with van der Waals surface area (Å²) in [7, 11) is -0.589. The lowest BCUT2D eigenvalue weighted by Crippen LogP contribution is -2.48. The van der Waals surface area contributed by atoms with Crippen molar-refractivity contribution >= 4 is 24.6 Å². The number of ether oxygens (including phenoxy) is 1. The van der Waals surface area contributed by atoms with Gasteiger partial charge in [0.15, 0.2) is 0 Å². The van der Waals surface area contributed by atoms with Gasteiger partial charge in [-0.05, 0) is 50.9 Å². The largest absolute Gasteiger partial charge is 0.444 e. The summed E-state index contributed by atoms with van der Waals surface area (Å²) in [6.07, 6.45) is 0.519. The van der Waals surface area contributed by atoms with E-state index in [-0.39, 0.29) is 17.6 Å². The summed E-state index contributed by atoms with van der Waals surface area (Å²) in [5.74, 6) is 0. The van der Waals surface area contributed by atoms with Crippen LogP contribution in [0.15, 0.2) is 60.7 Å². The molecule has 0 aliphatic carbocycles. The smallest absolute Gasteiger partial charge is 0.407 e. The zero-order valence-electron chi connectivity index (χ0n) is 17.3. The van der Waals surface area contributed by atoms with E-state index >= 15 is 0 Å². The first-order valence-corrected chi connectivity index (χ1v) is 11.0. The van der Waals surface area contributed by atoms with E-state index in [1.54, 1.807) is 0 Å². The number of hydrogen-bond acceptors (Lipinski definition) is 2. The van der Waals surface area contributed by atoms with Crippen LogP contribution in [0.1, 0.15) is 41.5 Å². The van der Waals surface area contributed by atoms with Crippen molar-refractivity contribution in [1.82, 2.24) is 5.32 Å². The first-order chi connectivity index (χ1) is 12.6. The van der Waals surface area contributed by atoms with E-state index in [0.717, 1.165) is 6.16 Å². The zero-order chi connectivity index (χ0) is 20.1. The van der Waals surface area contributed by atoms with Crippen LogP contribution in [-0.4, -0.2) is 23.9 Å². The highest BCUT2D eigenvalue weighted by Crippen LogP contribution is 2.38. The minimum atomic E-state index is -0.589. The van der Waals surface area contributed by atoms with E-state index in [1.165, 1.54) is 10.6 Å². The van der Waals surface area contributed by atoms with Gasteiger partial charge >= 0.3 is 6.09 Å². The molecule has 0 bridgehead atoms. The predicted molar refractivity (Wildman–Crippen MR) is 117 cm³/mol. The van der Waals surface area contributed by atoms with Crippen LogP contribution < -0.4 is 15.9 Å². The van der Waals surface area contributed by atoms with Crippen LogP contribution in [0.3, 0.4) is 0 Å². The molecule has 0 spiro atoms. The van der Waals surface area contributed by atoms with Gasteiger partial charge in [-0.2, -0.15) is 0 Å². The Bertz CT molecular complexity index is 678. The molecule has 146 valence electrons. The van der Waals surface area contributed by atoms with Crippen LogP contribution in [0.4, 0.5) is 4.79 Å². The molecule has 2 rings (SSSR count). The van der Waals surface area contributed by atoms with Crippen molar-refractivity contribution in [3.05, 3.63) is 60.7 Å². The summed E-state index contributed by atoms with van der Waals surface area (Å²) in [5.41, 5.74) is -0.586. The van der Waals surface area contributed by atoms with Gasteiger partial charge in [-0.25, -0.2) is 4.79 Å². The molecule has 0 aromatic heterocycles. The molecule has 1 atom stereocenters. The van der Waals surface area contributed by atoms with Gasteiger partial charge in [0.2, 0.25) is 0 Å². The third-order valence-corrected chi connectivity index (χ3v) is 6.81. The second kappa shape index (κ2) is 8.89. The number of carbonyl (C=O) groups excluding carboxylic acids is 1. The highest BCUT2D eigenvalue weighted by molar-refractivity contribution is 7.73. The molecular weight excluding hydrogens is 353 g/mol. The third-order valence-electron chi connectivity index (χ3n) is 4.24. The lowest BCUT2D eigenvalue weighted by atomic mass is 9.88. The number of hydrogen-bond donors (Lipinski definition) is 1. The molecule has 0 unspecified atom stereocenters. The first-order valence-electron chi connectivity index (χ1n) is 9.43. The Hall–Kier alpha value is -1.86. The fraction of sp³-hybridized carbons (Fsp3) is 0.435. The molecule has 0 fully saturated rings. The van der Waals surface area contributed by atoms with Crippen LogP contribution >= 0.6 is 7.92 Å². The predicted octanol–water partition coefficient (Wildman–Crippen LogP) is 5.06. The van der Waals surface area contributed by atoms with Crippen LogP contribution in [0, 0.1) is 5.41 Å². The van der Waals surface area contributed by atoms with Crippen molar-refractivity contribution in [2.75, 3.05) is 6.16 Å². The molecule has 4 heteroatoms. The van der Waals surface area contributed by atoms with Crippen LogP contribution in [0.5, 0.6) is 0 Å². The number of carbonyl (C=O) groups is 1. The summed E-state index contributed by atoms with van der Waals surface area (Å²) < 4.78 is 5.51. The number of alkyl carbamates (subject to hydrolysis) is 1. The van der Waals surface area contributed by atoms with Gasteiger partial charge < -0.3 is 10.1 Å². The molecule has 3 nitrogen and oxygen atoms in total. The summed E-state index contributed by atoms with van der Waals surface area (Å²) in [4.78, 5) is 12.4. The van der Waals surface area contributed by atoms with Gasteiger partial charge in [0, 0.05) is 6.04 Å². The minimum absolute atomic E-state index is 0.00104. The zero-order valence-corrected chi connectivity index (χ0v) is 18.2. The second-order valence-electron chi connectivity index (χ2n) is 8.85. The molecule has 0 saturated heterocycles. The molecule has 0 aliphatic rings. The van der Waals surface area contributed by atoms with Gasteiger partial charge in [-0.1, -0.05) is 81.4 Å². The molecule has 0 heterocycles. The second-order valence-corrected chi connectivity index (χ2v) is 11.1. The maximum atomic E-state index is 12.4. The van der Waals surface area contributed by atoms with Gasteiger partial charge in [0.05, 0.1) is 0 Å². The SMILES string of the molecule is CC(C)(C)OC(=O)N[C@H](CP(c1ccccc1)c1ccccc1)C(C)(C)C. The molecule has 2 aromatic rings. The molecule has 0 aliphatic heterocycles. The first kappa shape index (κ1) is 21.4. The molecule has 27 heavy (non-hydrogen) atoms. The highest BCUT2D eigenvalue weighted by atomic mass is 31.1. The van der Waals surface area contributed by atoms with E-state index in [2.05, 4.69) is 74.6 Å². The fourth-order valence-electron chi connectivity index (χ4n) is 2.74. The number of rotatable bonds is 5. The minimum Gasteiger partial charge on any atom is -0.444 e. The van der Waals surface area contributed by atoms with Crippen molar-refractivity contribution < 1.29 is 9.53 Å². The quantitative estimate of drug-likeness (QED) is 0.731. The molecule has 1 N–H and O–H groups in total. The van der Waals surface area contributed by atoms with Gasteiger partial charge in [0.1, 0.15) is 5.60 Å². The van der Waals surface area contributed by atoms with E-state index in [4.69, 9.17) is 4.74 Å². The van der Waals surface area contributed by atoms with Gasteiger partial charge in [0.25, 0.3) is 0 Å². The van der Waals surface area contributed by atoms with Crippen LogP contribution in [-0.2, 0) is 4.74 Å².